The van der Waals surface area contributed by atoms with Crippen molar-refractivity contribution in [2.45, 2.75) is 44.2 Å². The van der Waals surface area contributed by atoms with E-state index in [1.807, 2.05) is 24.3 Å². The lowest BCUT2D eigenvalue weighted by atomic mass is 10.1. The Hall–Kier alpha value is -2.04. The average Bonchev–Trinajstić information content (AvgIpc) is 3.12. The molecule has 1 N–H and O–H groups in total. The van der Waals surface area contributed by atoms with Crippen LogP contribution in [0.4, 0.5) is 10.5 Å². The summed E-state index contributed by atoms with van der Waals surface area (Å²) in [6, 6.07) is 6.70. The first-order valence-electron chi connectivity index (χ1n) is 7.46. The molecule has 5 heteroatoms. The second-order valence-corrected chi connectivity index (χ2v) is 5.89. The molecule has 1 atom stereocenters. The van der Waals surface area contributed by atoms with Gasteiger partial charge in [-0.2, -0.15) is 0 Å². The summed E-state index contributed by atoms with van der Waals surface area (Å²) in [6.45, 7) is 0. The van der Waals surface area contributed by atoms with Gasteiger partial charge in [0.15, 0.2) is 0 Å². The number of rotatable bonds is 2. The van der Waals surface area contributed by atoms with Crippen LogP contribution in [0.25, 0.3) is 0 Å². The van der Waals surface area contributed by atoms with Crippen LogP contribution in [0, 0.1) is 0 Å². The maximum Gasteiger partial charge on any atom is 0.327 e. The highest BCUT2D eigenvalue weighted by molar-refractivity contribution is 6.01. The SMILES string of the molecule is CN(C(=O)N1c2ccccc2C[C@H]1C(=O)O)C1CCCC1. The number of carboxylic acid groups (broad SMARTS) is 1. The Labute approximate surface area is 124 Å². The first-order valence-corrected chi connectivity index (χ1v) is 7.46. The molecule has 1 saturated carbocycles. The van der Waals surface area contributed by atoms with E-state index in [2.05, 4.69) is 0 Å². The maximum absolute atomic E-state index is 12.8. The smallest absolute Gasteiger partial charge is 0.327 e. The molecule has 2 amide bonds. The van der Waals surface area contributed by atoms with E-state index in [-0.39, 0.29) is 12.1 Å². The molecule has 3 rings (SSSR count). The molecule has 1 fully saturated rings. The minimum Gasteiger partial charge on any atom is -0.480 e. The molecule has 1 aromatic carbocycles. The zero-order valence-corrected chi connectivity index (χ0v) is 12.2. The molecule has 1 aliphatic carbocycles. The van der Waals surface area contributed by atoms with Crippen LogP contribution >= 0.6 is 0 Å². The van der Waals surface area contributed by atoms with Crippen LogP contribution < -0.4 is 4.90 Å². The van der Waals surface area contributed by atoms with Crippen LogP contribution in [0.3, 0.4) is 0 Å². The fraction of sp³-hybridized carbons (Fsp3) is 0.500. The first kappa shape index (κ1) is 13.9. The maximum atomic E-state index is 12.8. The molecule has 0 unspecified atom stereocenters. The molecular formula is C16H20N2O3. The molecule has 1 heterocycles. The summed E-state index contributed by atoms with van der Waals surface area (Å²) in [5, 5.41) is 9.44. The van der Waals surface area contributed by atoms with Gasteiger partial charge in [0.1, 0.15) is 6.04 Å². The van der Waals surface area contributed by atoms with Crippen molar-refractivity contribution in [3.05, 3.63) is 29.8 Å². The van der Waals surface area contributed by atoms with Crippen LogP contribution in [0.15, 0.2) is 24.3 Å². The second-order valence-electron chi connectivity index (χ2n) is 5.89. The minimum absolute atomic E-state index is 0.195. The van der Waals surface area contributed by atoms with Crippen LogP contribution in [-0.2, 0) is 11.2 Å². The molecule has 0 bridgehead atoms. The number of carbonyl (C=O) groups is 2. The Balaban J connectivity index is 1.90. The number of fused-ring (bicyclic) bond motifs is 1. The highest BCUT2D eigenvalue weighted by atomic mass is 16.4. The number of aliphatic carboxylic acids is 1. The van der Waals surface area contributed by atoms with E-state index < -0.39 is 12.0 Å². The van der Waals surface area contributed by atoms with Crippen molar-refractivity contribution in [2.24, 2.45) is 0 Å². The largest absolute Gasteiger partial charge is 0.480 e. The molecule has 1 aliphatic heterocycles. The molecule has 0 aromatic heterocycles. The number of hydrogen-bond donors (Lipinski definition) is 1. The number of anilines is 1. The van der Waals surface area contributed by atoms with Gasteiger partial charge in [-0.15, -0.1) is 0 Å². The van der Waals surface area contributed by atoms with E-state index in [0.717, 1.165) is 36.9 Å². The summed E-state index contributed by atoms with van der Waals surface area (Å²) in [6.07, 6.45) is 4.68. The molecule has 1 aromatic rings. The molecule has 112 valence electrons. The third-order valence-electron chi connectivity index (χ3n) is 4.64. The molecule has 0 saturated heterocycles. The van der Waals surface area contributed by atoms with Gasteiger partial charge in [-0.25, -0.2) is 9.59 Å². The number of para-hydroxylation sites is 1. The normalized spacial score (nSPS) is 21.4. The first-order chi connectivity index (χ1) is 10.1. The van der Waals surface area contributed by atoms with Crippen LogP contribution in [0.1, 0.15) is 31.2 Å². The second kappa shape index (κ2) is 5.39. The average molecular weight is 288 g/mol. The van der Waals surface area contributed by atoms with Gasteiger partial charge in [0, 0.05) is 25.2 Å². The standard InChI is InChI=1S/C16H20N2O3/c1-17(12-7-3-4-8-12)16(21)18-13-9-5-2-6-11(13)10-14(18)15(19)20/h2,5-6,9,12,14H,3-4,7-8,10H2,1H3,(H,19,20)/t14-/m0/s1. The Kier molecular flexibility index (Phi) is 3.57. The highest BCUT2D eigenvalue weighted by Gasteiger charge is 2.40. The van der Waals surface area contributed by atoms with E-state index in [4.69, 9.17) is 0 Å². The van der Waals surface area contributed by atoms with Gasteiger partial charge in [0.25, 0.3) is 0 Å². The van der Waals surface area contributed by atoms with Crippen molar-refractivity contribution in [1.29, 1.82) is 0 Å². The lowest BCUT2D eigenvalue weighted by molar-refractivity contribution is -0.138. The lowest BCUT2D eigenvalue weighted by Gasteiger charge is -2.31. The van der Waals surface area contributed by atoms with Crippen LogP contribution in [-0.4, -0.2) is 41.1 Å². The quantitative estimate of drug-likeness (QED) is 0.909. The number of amides is 2. The predicted molar refractivity (Wildman–Crippen MR) is 79.5 cm³/mol. The summed E-state index contributed by atoms with van der Waals surface area (Å²) in [5.74, 6) is -0.945. The highest BCUT2D eigenvalue weighted by Crippen LogP contribution is 2.34. The summed E-state index contributed by atoms with van der Waals surface area (Å²) < 4.78 is 0. The van der Waals surface area contributed by atoms with E-state index >= 15 is 0 Å². The number of urea groups is 1. The van der Waals surface area contributed by atoms with Crippen LogP contribution in [0.5, 0.6) is 0 Å². The summed E-state index contributed by atoms with van der Waals surface area (Å²) in [5.41, 5.74) is 1.66. The molecule has 0 spiro atoms. The Morgan fingerprint density at radius 1 is 1.24 bits per heavy atom. The Morgan fingerprint density at radius 2 is 1.90 bits per heavy atom. The van der Waals surface area contributed by atoms with E-state index in [1.54, 1.807) is 11.9 Å². The number of benzene rings is 1. The van der Waals surface area contributed by atoms with E-state index in [0.29, 0.717) is 6.42 Å². The van der Waals surface area contributed by atoms with Gasteiger partial charge in [0.2, 0.25) is 0 Å². The Morgan fingerprint density at radius 3 is 2.57 bits per heavy atom. The van der Waals surface area contributed by atoms with Gasteiger partial charge in [0.05, 0.1) is 0 Å². The fourth-order valence-corrected chi connectivity index (χ4v) is 3.44. The summed E-state index contributed by atoms with van der Waals surface area (Å²) in [4.78, 5) is 27.5. The zero-order chi connectivity index (χ0) is 15.0. The summed E-state index contributed by atoms with van der Waals surface area (Å²) >= 11 is 0. The van der Waals surface area contributed by atoms with E-state index in [9.17, 15) is 14.7 Å². The number of carbonyl (C=O) groups excluding carboxylic acids is 1. The zero-order valence-electron chi connectivity index (χ0n) is 12.2. The molecule has 2 aliphatic rings. The Bertz CT molecular complexity index is 566. The van der Waals surface area contributed by atoms with Gasteiger partial charge < -0.3 is 10.0 Å². The van der Waals surface area contributed by atoms with Crippen molar-refractivity contribution in [3.63, 3.8) is 0 Å². The van der Waals surface area contributed by atoms with E-state index in [1.165, 1.54) is 4.90 Å². The number of nitrogens with zero attached hydrogens (tertiary/aromatic N) is 2. The van der Waals surface area contributed by atoms with Gasteiger partial charge in [-0.1, -0.05) is 31.0 Å². The van der Waals surface area contributed by atoms with Crippen molar-refractivity contribution < 1.29 is 14.7 Å². The van der Waals surface area contributed by atoms with Gasteiger partial charge >= 0.3 is 12.0 Å². The molecule has 5 nitrogen and oxygen atoms in total. The lowest BCUT2D eigenvalue weighted by Crippen LogP contribution is -2.50. The number of hydrogen-bond acceptors (Lipinski definition) is 2. The number of carboxylic acids is 1. The van der Waals surface area contributed by atoms with Gasteiger partial charge in [-0.3, -0.25) is 4.90 Å². The predicted octanol–water partition coefficient (Wildman–Crippen LogP) is 2.50. The minimum atomic E-state index is -0.945. The van der Waals surface area contributed by atoms with Gasteiger partial charge in [-0.05, 0) is 24.5 Å². The van der Waals surface area contributed by atoms with Crippen LogP contribution in [0.2, 0.25) is 0 Å². The third kappa shape index (κ3) is 2.37. The molecule has 0 radical (unpaired) electrons. The van der Waals surface area contributed by atoms with Crippen molar-refractivity contribution in [2.75, 3.05) is 11.9 Å². The molecule has 21 heavy (non-hydrogen) atoms. The van der Waals surface area contributed by atoms with Crippen molar-refractivity contribution in [1.82, 2.24) is 4.90 Å². The monoisotopic (exact) mass is 288 g/mol. The topological polar surface area (TPSA) is 60.9 Å². The molecular weight excluding hydrogens is 268 g/mol. The fourth-order valence-electron chi connectivity index (χ4n) is 3.44. The third-order valence-corrected chi connectivity index (χ3v) is 4.64. The van der Waals surface area contributed by atoms with Crippen molar-refractivity contribution >= 4 is 17.7 Å². The van der Waals surface area contributed by atoms with Crippen molar-refractivity contribution in [3.8, 4) is 0 Å². The summed E-state index contributed by atoms with van der Waals surface area (Å²) in [7, 11) is 1.79.